The monoisotopic (exact) mass is 881 g/mol. The van der Waals surface area contributed by atoms with Crippen LogP contribution in [0.1, 0.15) is 76.2 Å². The standard InChI is InChI=1S/C62H60N4O/c1-42(2)34-44-28-29-56-54(36-44)55-37-47(35-43(3)4)60(40-59(55)66(56)61-38-48(30-32-63-61)62(5,6)7)67-50-23-16-22-49(39-50)65-41-64(57-26-14-15-27-58(57)65)33-31-53-51(45-18-10-8-11-19-45)24-17-25-52(53)46-20-12-9-13-21-46/h8-30,32,36-40,42-43H,31,33-35H2,1-7H3/q+2/i34D2,35D2. The molecule has 7 aromatic carbocycles. The first kappa shape index (κ1) is 38.9. The van der Waals surface area contributed by atoms with Crippen LogP contribution in [0.2, 0.25) is 0 Å². The van der Waals surface area contributed by atoms with E-state index in [0.29, 0.717) is 35.0 Å². The molecule has 0 unspecified atom stereocenters. The van der Waals surface area contributed by atoms with E-state index in [1.807, 2.05) is 88.5 Å². The maximum absolute atomic E-state index is 9.57. The number of aromatic nitrogens is 2. The summed E-state index contributed by atoms with van der Waals surface area (Å²) >= 11 is 0. The average molecular weight is 881 g/mol. The molecule has 1 aliphatic heterocycles. The van der Waals surface area contributed by atoms with Gasteiger partial charge in [0.25, 0.3) is 11.4 Å². The first-order chi connectivity index (χ1) is 34.0. The molecule has 1 aliphatic rings. The van der Waals surface area contributed by atoms with Gasteiger partial charge in [0.1, 0.15) is 17.3 Å². The number of pyridine rings is 1. The van der Waals surface area contributed by atoms with E-state index in [9.17, 15) is 2.74 Å². The molecule has 0 radical (unpaired) electrons. The van der Waals surface area contributed by atoms with Crippen LogP contribution in [-0.2, 0) is 24.6 Å². The van der Waals surface area contributed by atoms with Gasteiger partial charge in [-0.15, -0.1) is 0 Å². The number of benzene rings is 7. The Labute approximate surface area is 401 Å². The smallest absolute Gasteiger partial charge is 0.457 e. The lowest BCUT2D eigenvalue weighted by atomic mass is 9.88. The number of rotatable bonds is 13. The molecule has 3 heterocycles. The molecule has 5 nitrogen and oxygen atoms in total. The summed E-state index contributed by atoms with van der Waals surface area (Å²) in [5.41, 5.74) is 12.6. The highest BCUT2D eigenvalue weighted by Gasteiger charge is 2.35. The number of ether oxygens (including phenoxy) is 1. The van der Waals surface area contributed by atoms with Crippen LogP contribution in [0.25, 0.3) is 49.9 Å². The van der Waals surface area contributed by atoms with Crippen LogP contribution >= 0.6 is 0 Å². The lowest BCUT2D eigenvalue weighted by molar-refractivity contribution is -0.429. The molecule has 2 aromatic heterocycles. The summed E-state index contributed by atoms with van der Waals surface area (Å²) in [5, 5.41) is 1.62. The van der Waals surface area contributed by atoms with Gasteiger partial charge in [0, 0.05) is 53.1 Å². The molecule has 0 N–H and O–H groups in total. The third kappa shape index (κ3) is 8.88. The van der Waals surface area contributed by atoms with Crippen LogP contribution in [0, 0.1) is 11.8 Å². The van der Waals surface area contributed by atoms with Crippen molar-refractivity contribution in [1.82, 2.24) is 14.1 Å². The Morgan fingerprint density at radius 3 is 1.99 bits per heavy atom. The van der Waals surface area contributed by atoms with E-state index in [4.69, 9.17) is 12.5 Å². The number of para-hydroxylation sites is 2. The zero-order valence-electron chi connectivity index (χ0n) is 43.5. The molecule has 0 atom stereocenters. The van der Waals surface area contributed by atoms with Crippen molar-refractivity contribution in [2.75, 3.05) is 6.54 Å². The Morgan fingerprint density at radius 2 is 1.30 bits per heavy atom. The molecule has 0 saturated carbocycles. The minimum Gasteiger partial charge on any atom is -0.457 e. The fourth-order valence-corrected chi connectivity index (χ4v) is 9.38. The molecule has 5 heteroatoms. The summed E-state index contributed by atoms with van der Waals surface area (Å²) in [6.07, 6.45) is -0.766. The van der Waals surface area contributed by atoms with Crippen molar-refractivity contribution < 1.29 is 14.8 Å². The van der Waals surface area contributed by atoms with Crippen LogP contribution in [0.15, 0.2) is 176 Å². The van der Waals surface area contributed by atoms with E-state index in [2.05, 4.69) is 156 Å². The van der Waals surface area contributed by atoms with Gasteiger partial charge in [-0.3, -0.25) is 4.57 Å². The number of hydrogen-bond donors (Lipinski definition) is 0. The molecule has 67 heavy (non-hydrogen) atoms. The zero-order valence-corrected chi connectivity index (χ0v) is 39.5. The Kier molecular flexibility index (Phi) is 10.5. The second-order valence-corrected chi connectivity index (χ2v) is 19.2. The molecular formula is C62H60N4O+2. The first-order valence-electron chi connectivity index (χ1n) is 25.5. The van der Waals surface area contributed by atoms with Crippen LogP contribution < -0.4 is 9.31 Å². The van der Waals surface area contributed by atoms with Crippen LogP contribution in [0.3, 0.4) is 0 Å². The molecule has 10 rings (SSSR count). The maximum Gasteiger partial charge on any atom is 0.496 e. The highest BCUT2D eigenvalue weighted by atomic mass is 16.5. The predicted octanol–water partition coefficient (Wildman–Crippen LogP) is 15.9. The van der Waals surface area contributed by atoms with Gasteiger partial charge in [0.05, 0.1) is 17.1 Å². The molecule has 0 saturated heterocycles. The SMILES string of the molecule is [2H]C([2H])(c1ccc2c(c1)c1cc(C([2H])([2H])C(C)C)c(Oc3cccc([N+]4=C=[N+](CCc5c(-c6ccccc6)cccc5-c5ccccc5)c5ccccc54)c3)cc1n2-c1cc(C(C)(C)C)ccn1)C(C)C. The normalized spacial score (nSPS) is 13.9. The van der Waals surface area contributed by atoms with E-state index in [1.54, 1.807) is 0 Å². The fourth-order valence-electron chi connectivity index (χ4n) is 9.38. The zero-order chi connectivity index (χ0) is 49.8. The number of fused-ring (bicyclic) bond motifs is 4. The lowest BCUT2D eigenvalue weighted by Crippen LogP contribution is -2.12. The van der Waals surface area contributed by atoms with Crippen molar-refractivity contribution in [1.29, 1.82) is 0 Å². The Bertz CT molecular complexity index is 3490. The molecule has 332 valence electrons. The Morgan fingerprint density at radius 1 is 0.642 bits per heavy atom. The number of nitrogens with zero attached hydrogens (tertiary/aromatic N) is 4. The van der Waals surface area contributed by atoms with Crippen molar-refractivity contribution in [2.45, 2.75) is 73.0 Å². The third-order valence-corrected chi connectivity index (χ3v) is 12.5. The molecule has 0 fully saturated rings. The largest absolute Gasteiger partial charge is 0.496 e. The predicted molar refractivity (Wildman–Crippen MR) is 280 cm³/mol. The Balaban J connectivity index is 1.09. The minimum absolute atomic E-state index is 0.141. The van der Waals surface area contributed by atoms with Gasteiger partial charge >= 0.3 is 6.01 Å². The minimum atomic E-state index is -1.79. The molecule has 0 bridgehead atoms. The van der Waals surface area contributed by atoms with Crippen molar-refractivity contribution in [2.24, 2.45) is 11.8 Å². The fraction of sp³-hybridized carbons (Fsp3) is 0.226. The van der Waals surface area contributed by atoms with E-state index < -0.39 is 18.7 Å². The summed E-state index contributed by atoms with van der Waals surface area (Å²) in [7, 11) is 0. The second kappa shape index (κ2) is 18.2. The summed E-state index contributed by atoms with van der Waals surface area (Å²) in [6.45, 7) is 14.8. The average Bonchev–Trinajstić information content (AvgIpc) is 3.90. The van der Waals surface area contributed by atoms with Crippen molar-refractivity contribution in [3.63, 3.8) is 0 Å². The Hall–Kier alpha value is -7.33. The van der Waals surface area contributed by atoms with Gasteiger partial charge in [0.15, 0.2) is 6.54 Å². The van der Waals surface area contributed by atoms with Gasteiger partial charge in [-0.2, -0.15) is 0 Å². The highest BCUT2D eigenvalue weighted by Crippen LogP contribution is 2.41. The summed E-state index contributed by atoms with van der Waals surface area (Å²) in [5.74, 6) is 1.00. The molecule has 0 amide bonds. The van der Waals surface area contributed by atoms with E-state index >= 15 is 0 Å². The highest BCUT2D eigenvalue weighted by molar-refractivity contribution is 6.10. The maximum atomic E-state index is 9.57. The van der Waals surface area contributed by atoms with Gasteiger partial charge in [0.2, 0.25) is 5.69 Å². The third-order valence-electron chi connectivity index (χ3n) is 12.5. The van der Waals surface area contributed by atoms with E-state index in [0.717, 1.165) is 50.9 Å². The van der Waals surface area contributed by atoms with Crippen molar-refractivity contribution in [3.8, 4) is 39.6 Å². The van der Waals surface area contributed by atoms with Crippen molar-refractivity contribution in [3.05, 3.63) is 198 Å². The number of hydrogen-bond acceptors (Lipinski definition) is 2. The van der Waals surface area contributed by atoms with Crippen molar-refractivity contribution >= 4 is 44.9 Å². The molecule has 0 spiro atoms. The molecule has 0 aliphatic carbocycles. The molecular weight excluding hydrogens is 817 g/mol. The van der Waals surface area contributed by atoms with Gasteiger partial charge in [-0.1, -0.05) is 156 Å². The second-order valence-electron chi connectivity index (χ2n) is 19.2. The van der Waals surface area contributed by atoms with Crippen LogP contribution in [0.4, 0.5) is 17.1 Å². The molecule has 9 aromatic rings. The quantitative estimate of drug-likeness (QED) is 0.108. The topological polar surface area (TPSA) is 33.1 Å². The van der Waals surface area contributed by atoms with Gasteiger partial charge in [-0.25, -0.2) is 4.98 Å². The lowest BCUT2D eigenvalue weighted by Gasteiger charge is -2.20. The first-order valence-corrected chi connectivity index (χ1v) is 23.5. The van der Waals surface area contributed by atoms with Gasteiger partial charge in [-0.05, 0) is 115 Å². The summed E-state index contributed by atoms with van der Waals surface area (Å²) in [4.78, 5) is 4.91. The van der Waals surface area contributed by atoms with Gasteiger partial charge < -0.3 is 4.74 Å². The summed E-state index contributed by atoms with van der Waals surface area (Å²) in [6, 6.07) is 61.7. The van der Waals surface area contributed by atoms with E-state index in [-0.39, 0.29) is 11.3 Å². The summed E-state index contributed by atoms with van der Waals surface area (Å²) < 4.78 is 50.6. The van der Waals surface area contributed by atoms with Crippen LogP contribution in [0.5, 0.6) is 11.5 Å². The van der Waals surface area contributed by atoms with Crippen LogP contribution in [-0.4, -0.2) is 26.7 Å². The van der Waals surface area contributed by atoms with E-state index in [1.165, 1.54) is 27.8 Å².